The second-order valence-electron chi connectivity index (χ2n) is 4.35. The number of aliphatic hydroxyl groups is 2. The highest BCUT2D eigenvalue weighted by molar-refractivity contribution is 5.93. The molecule has 1 unspecified atom stereocenters. The van der Waals surface area contributed by atoms with Crippen LogP contribution in [0.25, 0.3) is 0 Å². The third kappa shape index (κ3) is 4.30. The van der Waals surface area contributed by atoms with Crippen molar-refractivity contribution in [3.8, 4) is 11.5 Å². The van der Waals surface area contributed by atoms with Crippen LogP contribution in [0.5, 0.6) is 11.5 Å². The topological polar surface area (TPSA) is 76.0 Å². The second-order valence-corrected chi connectivity index (χ2v) is 4.35. The van der Waals surface area contributed by atoms with Crippen LogP contribution in [-0.2, 0) is 0 Å². The third-order valence-corrected chi connectivity index (χ3v) is 2.70. The molecule has 0 aliphatic carbocycles. The molecule has 0 heterocycles. The molecular formula is C16H16O5. The van der Waals surface area contributed by atoms with E-state index in [-0.39, 0.29) is 12.2 Å². The van der Waals surface area contributed by atoms with E-state index in [0.29, 0.717) is 11.5 Å². The van der Waals surface area contributed by atoms with Gasteiger partial charge in [-0.05, 0) is 24.3 Å². The molecule has 0 saturated heterocycles. The molecule has 0 amide bonds. The van der Waals surface area contributed by atoms with Gasteiger partial charge in [-0.2, -0.15) is 0 Å². The van der Waals surface area contributed by atoms with Crippen molar-refractivity contribution in [2.24, 2.45) is 0 Å². The molecular weight excluding hydrogens is 272 g/mol. The average molecular weight is 288 g/mol. The van der Waals surface area contributed by atoms with Gasteiger partial charge in [-0.15, -0.1) is 0 Å². The highest BCUT2D eigenvalue weighted by Crippen LogP contribution is 2.20. The normalized spacial score (nSPS) is 11.7. The number of carbonyl (C=O) groups excluding carboxylic acids is 1. The summed E-state index contributed by atoms with van der Waals surface area (Å²) in [7, 11) is 0. The molecule has 21 heavy (non-hydrogen) atoms. The predicted molar refractivity (Wildman–Crippen MR) is 76.4 cm³/mol. The lowest BCUT2D eigenvalue weighted by Gasteiger charge is -2.13. The lowest BCUT2D eigenvalue weighted by molar-refractivity contribution is 0.0522. The van der Waals surface area contributed by atoms with E-state index in [1.165, 1.54) is 0 Å². The van der Waals surface area contributed by atoms with Crippen LogP contribution >= 0.6 is 0 Å². The van der Waals surface area contributed by atoms with Crippen LogP contribution in [0.3, 0.4) is 0 Å². The van der Waals surface area contributed by atoms with Crippen LogP contribution in [0, 0.1) is 0 Å². The molecule has 0 aliphatic rings. The number of para-hydroxylation sites is 2. The number of hydrogen-bond donors (Lipinski definition) is 2. The smallest absolute Gasteiger partial charge is 0.347 e. The quantitative estimate of drug-likeness (QED) is 0.624. The van der Waals surface area contributed by atoms with Gasteiger partial charge in [0.2, 0.25) is 0 Å². The van der Waals surface area contributed by atoms with E-state index in [0.717, 1.165) is 0 Å². The fraction of sp³-hybridized carbons (Fsp3) is 0.188. The molecule has 0 bridgehead atoms. The van der Waals surface area contributed by atoms with Gasteiger partial charge >= 0.3 is 5.97 Å². The largest absolute Gasteiger partial charge is 0.490 e. The molecule has 0 aliphatic heterocycles. The summed E-state index contributed by atoms with van der Waals surface area (Å²) in [5.74, 6) is 0.189. The maximum absolute atomic E-state index is 12.1. The lowest BCUT2D eigenvalue weighted by Crippen LogP contribution is -2.22. The van der Waals surface area contributed by atoms with E-state index in [2.05, 4.69) is 0 Å². The minimum atomic E-state index is -0.997. The number of ether oxygens (including phenoxy) is 2. The van der Waals surface area contributed by atoms with Crippen molar-refractivity contribution in [2.45, 2.75) is 6.10 Å². The van der Waals surface area contributed by atoms with Crippen molar-refractivity contribution >= 4 is 5.97 Å². The molecule has 5 nitrogen and oxygen atoms in total. The van der Waals surface area contributed by atoms with Crippen LogP contribution in [0.2, 0.25) is 0 Å². The number of rotatable bonds is 6. The van der Waals surface area contributed by atoms with Gasteiger partial charge in [0.05, 0.1) is 6.61 Å². The maximum atomic E-state index is 12.1. The van der Waals surface area contributed by atoms with Gasteiger partial charge in [-0.3, -0.25) is 0 Å². The Hall–Kier alpha value is -2.37. The molecule has 0 aromatic heterocycles. The first-order valence-corrected chi connectivity index (χ1v) is 6.48. The average Bonchev–Trinajstić information content (AvgIpc) is 2.53. The SMILES string of the molecule is O=C(Oc1ccccc1)c1ccccc1OCC(O)CO. The van der Waals surface area contributed by atoms with Crippen LogP contribution in [-0.4, -0.2) is 35.5 Å². The Morgan fingerprint density at radius 3 is 2.43 bits per heavy atom. The van der Waals surface area contributed by atoms with Crippen LogP contribution < -0.4 is 9.47 Å². The monoisotopic (exact) mass is 288 g/mol. The van der Waals surface area contributed by atoms with Gasteiger partial charge < -0.3 is 19.7 Å². The summed E-state index contributed by atoms with van der Waals surface area (Å²) in [4.78, 5) is 12.1. The van der Waals surface area contributed by atoms with Crippen LogP contribution in [0.1, 0.15) is 10.4 Å². The van der Waals surface area contributed by atoms with Crippen LogP contribution in [0.15, 0.2) is 54.6 Å². The third-order valence-electron chi connectivity index (χ3n) is 2.70. The first-order chi connectivity index (χ1) is 10.2. The molecule has 110 valence electrons. The van der Waals surface area contributed by atoms with Gasteiger partial charge in [0.25, 0.3) is 0 Å². The van der Waals surface area contributed by atoms with E-state index in [4.69, 9.17) is 14.6 Å². The zero-order chi connectivity index (χ0) is 15.1. The summed E-state index contributed by atoms with van der Waals surface area (Å²) in [5, 5.41) is 18.1. The Morgan fingerprint density at radius 2 is 1.71 bits per heavy atom. The summed E-state index contributed by atoms with van der Waals surface area (Å²) in [5.41, 5.74) is 0.256. The molecule has 2 aromatic carbocycles. The standard InChI is InChI=1S/C16H16O5/c17-10-12(18)11-20-15-9-5-4-8-14(15)16(19)21-13-6-2-1-3-7-13/h1-9,12,17-18H,10-11H2. The Labute approximate surface area is 122 Å². The van der Waals surface area contributed by atoms with Gasteiger partial charge in [0.15, 0.2) is 0 Å². The summed E-state index contributed by atoms with van der Waals surface area (Å²) < 4.78 is 10.6. The highest BCUT2D eigenvalue weighted by Gasteiger charge is 2.15. The minimum Gasteiger partial charge on any atom is -0.490 e. The highest BCUT2D eigenvalue weighted by atomic mass is 16.5. The molecule has 2 rings (SSSR count). The summed E-state index contributed by atoms with van der Waals surface area (Å²) in [6.45, 7) is -0.511. The molecule has 0 spiro atoms. The van der Waals surface area contributed by atoms with E-state index in [1.54, 1.807) is 48.5 Å². The summed E-state index contributed by atoms with van der Waals surface area (Å²) >= 11 is 0. The van der Waals surface area contributed by atoms with E-state index >= 15 is 0 Å². The van der Waals surface area contributed by atoms with Gasteiger partial charge in [0.1, 0.15) is 29.8 Å². The van der Waals surface area contributed by atoms with E-state index in [9.17, 15) is 9.90 Å². The number of esters is 1. The summed E-state index contributed by atoms with van der Waals surface area (Å²) in [6, 6.07) is 15.3. The van der Waals surface area contributed by atoms with Crippen molar-refractivity contribution in [3.05, 3.63) is 60.2 Å². The van der Waals surface area contributed by atoms with Crippen LogP contribution in [0.4, 0.5) is 0 Å². The van der Waals surface area contributed by atoms with Crippen molar-refractivity contribution in [1.29, 1.82) is 0 Å². The molecule has 1 atom stereocenters. The fourth-order valence-electron chi connectivity index (χ4n) is 1.65. The molecule has 0 radical (unpaired) electrons. The Balaban J connectivity index is 2.10. The zero-order valence-corrected chi connectivity index (χ0v) is 11.3. The Morgan fingerprint density at radius 1 is 1.05 bits per heavy atom. The Kier molecular flexibility index (Phi) is 5.31. The first kappa shape index (κ1) is 15.0. The maximum Gasteiger partial charge on any atom is 0.347 e. The summed E-state index contributed by atoms with van der Waals surface area (Å²) in [6.07, 6.45) is -0.997. The Bertz CT molecular complexity index is 582. The minimum absolute atomic E-state index is 0.105. The van der Waals surface area contributed by atoms with Crippen molar-refractivity contribution < 1.29 is 24.5 Å². The molecule has 2 N–H and O–H groups in total. The molecule has 0 fully saturated rings. The number of hydrogen-bond acceptors (Lipinski definition) is 5. The molecule has 5 heteroatoms. The van der Waals surface area contributed by atoms with E-state index < -0.39 is 18.7 Å². The van der Waals surface area contributed by atoms with Crippen molar-refractivity contribution in [3.63, 3.8) is 0 Å². The number of benzene rings is 2. The van der Waals surface area contributed by atoms with Gasteiger partial charge in [-0.1, -0.05) is 30.3 Å². The van der Waals surface area contributed by atoms with E-state index in [1.807, 2.05) is 6.07 Å². The molecule has 0 saturated carbocycles. The zero-order valence-electron chi connectivity index (χ0n) is 11.3. The molecule has 2 aromatic rings. The second kappa shape index (κ2) is 7.42. The number of aliphatic hydroxyl groups excluding tert-OH is 2. The van der Waals surface area contributed by atoms with Gasteiger partial charge in [-0.25, -0.2) is 4.79 Å². The first-order valence-electron chi connectivity index (χ1n) is 6.48. The lowest BCUT2D eigenvalue weighted by atomic mass is 10.2. The number of carbonyl (C=O) groups is 1. The van der Waals surface area contributed by atoms with Crippen molar-refractivity contribution in [1.82, 2.24) is 0 Å². The predicted octanol–water partition coefficient (Wildman–Crippen LogP) is 1.64. The fourth-order valence-corrected chi connectivity index (χ4v) is 1.65. The van der Waals surface area contributed by atoms with Gasteiger partial charge in [0, 0.05) is 0 Å². The van der Waals surface area contributed by atoms with Crippen molar-refractivity contribution in [2.75, 3.05) is 13.2 Å².